The van der Waals surface area contributed by atoms with E-state index in [4.69, 9.17) is 14.5 Å². The summed E-state index contributed by atoms with van der Waals surface area (Å²) in [4.78, 5) is 46.7. The van der Waals surface area contributed by atoms with E-state index in [0.29, 0.717) is 16.8 Å². The van der Waals surface area contributed by atoms with Crippen LogP contribution in [0.3, 0.4) is 0 Å². The van der Waals surface area contributed by atoms with Gasteiger partial charge in [0.15, 0.2) is 0 Å². The summed E-state index contributed by atoms with van der Waals surface area (Å²) in [5, 5.41) is 0. The van der Waals surface area contributed by atoms with Crippen LogP contribution in [0.25, 0.3) is 11.6 Å². The van der Waals surface area contributed by atoms with E-state index in [0.717, 1.165) is 21.9 Å². The Morgan fingerprint density at radius 2 is 1.96 bits per heavy atom. The van der Waals surface area contributed by atoms with Gasteiger partial charge < -0.3 is 19.5 Å². The smallest absolute Gasteiger partial charge is 0.446 e. The zero-order valence-electron chi connectivity index (χ0n) is 15.2. The fraction of sp³-hybridized carbons (Fsp3) is 0.222. The molecule has 0 aliphatic carbocycles. The summed E-state index contributed by atoms with van der Waals surface area (Å²) >= 11 is 0. The standard InChI is InChI=1S/C18H19N2O7P/c1-11-9-12(2)19-15(11)10-14-13-5-3-4-6-16(13)20(17(14)21)18(22)26-7-8-27-28(23,24)25/h3-6,9-10,19H,7-8H2,1-2H3,(H2,23,24,25)/b14-10-. The fourth-order valence-corrected chi connectivity index (χ4v) is 3.27. The molecule has 1 aromatic carbocycles. The van der Waals surface area contributed by atoms with Crippen LogP contribution < -0.4 is 4.90 Å². The zero-order chi connectivity index (χ0) is 20.5. The molecule has 28 heavy (non-hydrogen) atoms. The van der Waals surface area contributed by atoms with Gasteiger partial charge in [0.1, 0.15) is 6.61 Å². The Kier molecular flexibility index (Phi) is 5.53. The van der Waals surface area contributed by atoms with Crippen molar-refractivity contribution in [1.29, 1.82) is 0 Å². The summed E-state index contributed by atoms with van der Waals surface area (Å²) in [7, 11) is -4.65. The number of amides is 2. The monoisotopic (exact) mass is 406 g/mol. The highest BCUT2D eigenvalue weighted by molar-refractivity contribution is 7.46. The highest BCUT2D eigenvalue weighted by Crippen LogP contribution is 2.38. The SMILES string of the molecule is Cc1cc(C)c(/C=C2\C(=O)N(C(=O)OCCOP(=O)(O)O)c3ccccc32)[nH]1. The number of nitrogens with one attached hydrogen (secondary N) is 1. The molecule has 1 aliphatic heterocycles. The van der Waals surface area contributed by atoms with Crippen molar-refractivity contribution in [2.24, 2.45) is 0 Å². The molecular weight excluding hydrogens is 387 g/mol. The molecular formula is C18H19N2O7P. The van der Waals surface area contributed by atoms with Gasteiger partial charge in [-0.1, -0.05) is 18.2 Å². The summed E-state index contributed by atoms with van der Waals surface area (Å²) in [5.74, 6) is -0.547. The van der Waals surface area contributed by atoms with Gasteiger partial charge in [-0.15, -0.1) is 0 Å². The van der Waals surface area contributed by atoms with Crippen LogP contribution in [0.5, 0.6) is 0 Å². The lowest BCUT2D eigenvalue weighted by molar-refractivity contribution is -0.112. The minimum atomic E-state index is -4.65. The van der Waals surface area contributed by atoms with Crippen molar-refractivity contribution >= 4 is 37.2 Å². The normalized spacial score (nSPS) is 15.2. The topological polar surface area (TPSA) is 129 Å². The Hall–Kier alpha value is -2.71. The minimum Gasteiger partial charge on any atom is -0.446 e. The van der Waals surface area contributed by atoms with E-state index in [-0.39, 0.29) is 0 Å². The maximum absolute atomic E-state index is 12.9. The lowest BCUT2D eigenvalue weighted by atomic mass is 10.1. The number of nitrogens with zero attached hydrogens (tertiary/aromatic N) is 1. The molecule has 2 heterocycles. The molecule has 0 bridgehead atoms. The summed E-state index contributed by atoms with van der Waals surface area (Å²) in [6, 6.07) is 8.75. The van der Waals surface area contributed by atoms with Gasteiger partial charge in [0.05, 0.1) is 17.9 Å². The highest BCUT2D eigenvalue weighted by Gasteiger charge is 2.37. The summed E-state index contributed by atoms with van der Waals surface area (Å²) in [6.07, 6.45) is 0.739. The number of hydrogen-bond donors (Lipinski definition) is 3. The number of benzene rings is 1. The van der Waals surface area contributed by atoms with E-state index in [1.165, 1.54) is 0 Å². The molecule has 0 atom stereocenters. The Labute approximate surface area is 160 Å². The number of carbonyl (C=O) groups is 2. The predicted octanol–water partition coefficient (Wildman–Crippen LogP) is 2.76. The number of imide groups is 1. The third-order valence-electron chi connectivity index (χ3n) is 4.10. The van der Waals surface area contributed by atoms with Gasteiger partial charge in [0, 0.05) is 17.0 Å². The minimum absolute atomic E-state index is 0.337. The van der Waals surface area contributed by atoms with E-state index in [2.05, 4.69) is 9.51 Å². The first-order valence-corrected chi connectivity index (χ1v) is 9.89. The number of H-pyrrole nitrogens is 1. The molecule has 1 aliphatic rings. The van der Waals surface area contributed by atoms with Gasteiger partial charge in [-0.05, 0) is 37.6 Å². The first-order valence-electron chi connectivity index (χ1n) is 8.36. The molecule has 9 nitrogen and oxygen atoms in total. The first kappa shape index (κ1) is 20.0. The van der Waals surface area contributed by atoms with E-state index in [9.17, 15) is 14.2 Å². The van der Waals surface area contributed by atoms with Crippen molar-refractivity contribution in [2.45, 2.75) is 13.8 Å². The second kappa shape index (κ2) is 7.73. The molecule has 148 valence electrons. The first-order chi connectivity index (χ1) is 13.2. The van der Waals surface area contributed by atoms with Gasteiger partial charge in [-0.25, -0.2) is 14.3 Å². The maximum Gasteiger partial charge on any atom is 0.469 e. The molecule has 2 aromatic rings. The summed E-state index contributed by atoms with van der Waals surface area (Å²) in [5.41, 5.74) is 3.98. The number of rotatable bonds is 5. The largest absolute Gasteiger partial charge is 0.469 e. The Balaban J connectivity index is 1.84. The number of carbonyl (C=O) groups excluding carboxylic acids is 2. The number of aryl methyl sites for hydroxylation is 2. The van der Waals surface area contributed by atoms with E-state index >= 15 is 0 Å². The molecule has 0 saturated carbocycles. The van der Waals surface area contributed by atoms with Crippen molar-refractivity contribution in [3.63, 3.8) is 0 Å². The molecule has 3 rings (SSSR count). The fourth-order valence-electron chi connectivity index (χ4n) is 2.96. The number of fused-ring (bicyclic) bond motifs is 1. The third kappa shape index (κ3) is 4.23. The van der Waals surface area contributed by atoms with Crippen LogP contribution in [0, 0.1) is 13.8 Å². The van der Waals surface area contributed by atoms with Crippen LogP contribution in [0.1, 0.15) is 22.5 Å². The van der Waals surface area contributed by atoms with Crippen molar-refractivity contribution in [1.82, 2.24) is 4.98 Å². The third-order valence-corrected chi connectivity index (χ3v) is 4.62. The molecule has 10 heteroatoms. The van der Waals surface area contributed by atoms with Crippen LogP contribution in [0.4, 0.5) is 10.5 Å². The molecule has 0 fully saturated rings. The second-order valence-electron chi connectivity index (χ2n) is 6.20. The number of hydrogen-bond acceptors (Lipinski definition) is 5. The van der Waals surface area contributed by atoms with E-state index in [1.54, 1.807) is 30.3 Å². The Bertz CT molecular complexity index is 1010. The van der Waals surface area contributed by atoms with Crippen LogP contribution in [0.15, 0.2) is 30.3 Å². The van der Waals surface area contributed by atoms with E-state index < -0.39 is 33.0 Å². The quantitative estimate of drug-likeness (QED) is 0.396. The molecule has 0 saturated heterocycles. The average Bonchev–Trinajstić information content (AvgIpc) is 3.07. The Morgan fingerprint density at radius 1 is 1.25 bits per heavy atom. The van der Waals surface area contributed by atoms with Gasteiger partial charge in [0.2, 0.25) is 0 Å². The molecule has 0 spiro atoms. The van der Waals surface area contributed by atoms with Crippen molar-refractivity contribution in [2.75, 3.05) is 18.1 Å². The molecule has 3 N–H and O–H groups in total. The molecule has 2 amide bonds. The number of aromatic amines is 1. The average molecular weight is 406 g/mol. The summed E-state index contributed by atoms with van der Waals surface area (Å²) in [6.45, 7) is 2.91. The number of phosphoric acid groups is 1. The van der Waals surface area contributed by atoms with Crippen LogP contribution >= 0.6 is 7.82 Å². The molecule has 0 radical (unpaired) electrons. The van der Waals surface area contributed by atoms with Crippen LogP contribution in [0.2, 0.25) is 0 Å². The number of phosphoric ester groups is 1. The van der Waals surface area contributed by atoms with Gasteiger partial charge in [-0.2, -0.15) is 0 Å². The number of aromatic nitrogens is 1. The summed E-state index contributed by atoms with van der Waals surface area (Å²) < 4.78 is 19.8. The lowest BCUT2D eigenvalue weighted by Gasteiger charge is -2.15. The second-order valence-corrected chi connectivity index (χ2v) is 7.44. The number of ether oxygens (including phenoxy) is 1. The van der Waals surface area contributed by atoms with Crippen LogP contribution in [-0.4, -0.2) is 40.0 Å². The zero-order valence-corrected chi connectivity index (χ0v) is 16.1. The maximum atomic E-state index is 12.9. The Morgan fingerprint density at radius 3 is 2.61 bits per heavy atom. The molecule has 0 unspecified atom stereocenters. The van der Waals surface area contributed by atoms with Crippen molar-refractivity contribution < 1.29 is 33.2 Å². The van der Waals surface area contributed by atoms with Crippen molar-refractivity contribution in [3.05, 3.63) is 52.8 Å². The van der Waals surface area contributed by atoms with E-state index in [1.807, 2.05) is 19.9 Å². The van der Waals surface area contributed by atoms with Gasteiger partial charge in [0.25, 0.3) is 5.91 Å². The predicted molar refractivity (Wildman–Crippen MR) is 101 cm³/mol. The number of para-hydroxylation sites is 1. The highest BCUT2D eigenvalue weighted by atomic mass is 31.2. The lowest BCUT2D eigenvalue weighted by Crippen LogP contribution is -2.34. The van der Waals surface area contributed by atoms with Gasteiger partial charge >= 0.3 is 13.9 Å². The van der Waals surface area contributed by atoms with Gasteiger partial charge in [-0.3, -0.25) is 9.32 Å². The van der Waals surface area contributed by atoms with Crippen molar-refractivity contribution in [3.8, 4) is 0 Å². The van der Waals surface area contributed by atoms with Crippen LogP contribution in [-0.2, 0) is 18.6 Å². The number of anilines is 1. The molecule has 1 aromatic heterocycles.